The predicted octanol–water partition coefficient (Wildman–Crippen LogP) is 4.99. The first kappa shape index (κ1) is 36.7. The summed E-state index contributed by atoms with van der Waals surface area (Å²) in [5.74, 6) is -0.178. The maximum atomic E-state index is 14.0. The predicted molar refractivity (Wildman–Crippen MR) is 183 cm³/mol. The molecular formula is C37H48F3N5O6. The Kier molecular flexibility index (Phi) is 10.7. The maximum Gasteiger partial charge on any atom is 0.417 e. The minimum Gasteiger partial charge on any atom is -0.507 e. The van der Waals surface area contributed by atoms with E-state index in [4.69, 9.17) is 4.74 Å². The van der Waals surface area contributed by atoms with Crippen molar-refractivity contribution in [2.75, 3.05) is 51.1 Å². The molecule has 2 aromatic carbocycles. The first-order valence-electron chi connectivity index (χ1n) is 17.9. The van der Waals surface area contributed by atoms with Gasteiger partial charge < -0.3 is 39.9 Å². The number of nitrogens with one attached hydrogen (secondary N) is 1. The molecule has 3 fully saturated rings. The van der Waals surface area contributed by atoms with Gasteiger partial charge in [-0.25, -0.2) is 9.59 Å². The first-order chi connectivity index (χ1) is 24.2. The number of phenolic OH excluding ortho intramolecular Hbond substituents is 1. The van der Waals surface area contributed by atoms with Crippen LogP contribution in [0.2, 0.25) is 0 Å². The molecule has 51 heavy (non-hydrogen) atoms. The normalized spacial score (nSPS) is 21.5. The molecule has 0 radical (unpaired) electrons. The van der Waals surface area contributed by atoms with Crippen molar-refractivity contribution in [1.29, 1.82) is 0 Å². The SMILES string of the molecule is Cc1cc(C[C@@H](OC(=O)N2CCC(N3CCc4ccccc4NC3=O)CC2)C(=O)N2CCC(N3CCC(O)(C(F)(F)F)CC3)CC2)cc(C)c1O. The van der Waals surface area contributed by atoms with Gasteiger partial charge in [0.05, 0.1) is 0 Å². The zero-order chi connectivity index (χ0) is 36.5. The summed E-state index contributed by atoms with van der Waals surface area (Å²) < 4.78 is 45.9. The number of anilines is 1. The lowest BCUT2D eigenvalue weighted by Crippen LogP contribution is -2.57. The molecule has 0 aliphatic carbocycles. The van der Waals surface area contributed by atoms with Gasteiger partial charge in [-0.15, -0.1) is 0 Å². The highest BCUT2D eigenvalue weighted by atomic mass is 19.4. The van der Waals surface area contributed by atoms with Crippen molar-refractivity contribution in [2.45, 2.75) is 95.2 Å². The third-order valence-corrected chi connectivity index (χ3v) is 11.2. The van der Waals surface area contributed by atoms with Crippen LogP contribution in [0.1, 0.15) is 60.8 Å². The van der Waals surface area contributed by atoms with Crippen LogP contribution in [0.5, 0.6) is 5.75 Å². The number of carbonyl (C=O) groups excluding carboxylic acids is 3. The largest absolute Gasteiger partial charge is 0.507 e. The number of ether oxygens (including phenoxy) is 1. The number of aliphatic hydroxyl groups is 1. The van der Waals surface area contributed by atoms with Crippen LogP contribution in [-0.4, -0.2) is 124 Å². The number of para-hydroxylation sites is 1. The van der Waals surface area contributed by atoms with E-state index in [2.05, 4.69) is 5.32 Å². The molecule has 1 atom stereocenters. The van der Waals surface area contributed by atoms with Gasteiger partial charge in [0.25, 0.3) is 5.91 Å². The van der Waals surface area contributed by atoms with Gasteiger partial charge in [0, 0.05) is 70.0 Å². The molecule has 0 unspecified atom stereocenters. The fourth-order valence-electron chi connectivity index (χ4n) is 8.05. The monoisotopic (exact) mass is 715 g/mol. The van der Waals surface area contributed by atoms with E-state index in [1.54, 1.807) is 35.8 Å². The number of piperidine rings is 3. The Bertz CT molecular complexity index is 1570. The van der Waals surface area contributed by atoms with Crippen molar-refractivity contribution in [1.82, 2.24) is 19.6 Å². The zero-order valence-electron chi connectivity index (χ0n) is 29.3. The number of urea groups is 1. The minimum atomic E-state index is -4.66. The van der Waals surface area contributed by atoms with Gasteiger partial charge >= 0.3 is 18.3 Å². The topological polar surface area (TPSA) is 126 Å². The molecule has 3 N–H and O–H groups in total. The molecule has 0 spiro atoms. The lowest BCUT2D eigenvalue weighted by Gasteiger charge is -2.45. The molecule has 0 saturated carbocycles. The second kappa shape index (κ2) is 14.9. The van der Waals surface area contributed by atoms with Crippen LogP contribution in [0.25, 0.3) is 0 Å². The van der Waals surface area contributed by atoms with Gasteiger partial charge in [0.15, 0.2) is 11.7 Å². The van der Waals surface area contributed by atoms with Crippen molar-refractivity contribution in [2.24, 2.45) is 0 Å². The van der Waals surface area contributed by atoms with E-state index < -0.39 is 24.0 Å². The number of carbonyl (C=O) groups is 3. The first-order valence-corrected chi connectivity index (χ1v) is 17.9. The lowest BCUT2D eigenvalue weighted by molar-refractivity contribution is -0.273. The van der Waals surface area contributed by atoms with E-state index in [0.717, 1.165) is 23.2 Å². The molecule has 14 heteroatoms. The highest BCUT2D eigenvalue weighted by Crippen LogP contribution is 2.39. The fraction of sp³-hybridized carbons (Fsp3) is 0.595. The molecule has 2 aromatic rings. The molecule has 278 valence electrons. The molecular weight excluding hydrogens is 667 g/mol. The number of hydrogen-bond donors (Lipinski definition) is 3. The van der Waals surface area contributed by atoms with Gasteiger partial charge in [0.2, 0.25) is 0 Å². The van der Waals surface area contributed by atoms with Crippen LogP contribution in [0.4, 0.5) is 28.4 Å². The number of likely N-dealkylation sites (tertiary alicyclic amines) is 3. The molecule has 3 saturated heterocycles. The van der Waals surface area contributed by atoms with E-state index in [1.807, 2.05) is 34.1 Å². The summed E-state index contributed by atoms with van der Waals surface area (Å²) in [4.78, 5) is 47.7. The molecule has 4 aliphatic rings. The molecule has 11 nitrogen and oxygen atoms in total. The Labute approximate surface area is 296 Å². The Morgan fingerprint density at radius 1 is 0.922 bits per heavy atom. The quantitative estimate of drug-likeness (QED) is 0.385. The number of nitrogens with zero attached hydrogens (tertiary/aromatic N) is 4. The van der Waals surface area contributed by atoms with Crippen LogP contribution in [0.15, 0.2) is 36.4 Å². The van der Waals surface area contributed by atoms with Crippen LogP contribution >= 0.6 is 0 Å². The lowest BCUT2D eigenvalue weighted by atomic mass is 9.89. The van der Waals surface area contributed by atoms with Crippen LogP contribution in [-0.2, 0) is 22.4 Å². The molecule has 0 bridgehead atoms. The second-order valence-corrected chi connectivity index (χ2v) is 14.5. The Morgan fingerprint density at radius 2 is 1.51 bits per heavy atom. The summed E-state index contributed by atoms with van der Waals surface area (Å²) in [6, 6.07) is 11.1. The van der Waals surface area contributed by atoms with Crippen molar-refractivity contribution >= 4 is 23.7 Å². The number of hydrogen-bond acceptors (Lipinski definition) is 7. The Morgan fingerprint density at radius 3 is 2.14 bits per heavy atom. The molecule has 6 rings (SSSR count). The maximum absolute atomic E-state index is 14.0. The van der Waals surface area contributed by atoms with E-state index >= 15 is 0 Å². The average molecular weight is 716 g/mol. The molecule has 4 heterocycles. The summed E-state index contributed by atoms with van der Waals surface area (Å²) >= 11 is 0. The van der Waals surface area contributed by atoms with E-state index in [1.165, 1.54) is 0 Å². The number of halogens is 3. The van der Waals surface area contributed by atoms with Crippen LogP contribution < -0.4 is 5.32 Å². The van der Waals surface area contributed by atoms with E-state index in [9.17, 15) is 37.8 Å². The Balaban J connectivity index is 1.07. The smallest absolute Gasteiger partial charge is 0.417 e. The van der Waals surface area contributed by atoms with Crippen molar-refractivity contribution < 1.29 is 42.5 Å². The number of rotatable bonds is 6. The molecule has 4 amide bonds. The standard InChI is InChI=1S/C37H48F3N5O6/c1-24-21-26(22-25(2)32(24)46)23-31(33(47)43-14-8-28(9-15-43)42-19-12-36(50,13-20-42)37(38,39)40)51-35(49)44-16-10-29(11-17-44)45-18-7-27-5-3-4-6-30(27)41-34(45)48/h3-6,21-22,28-29,31,46,50H,7-20,23H2,1-2H3,(H,41,48)/t31-/m1/s1. The summed E-state index contributed by atoms with van der Waals surface area (Å²) in [5.41, 5.74) is 1.26. The summed E-state index contributed by atoms with van der Waals surface area (Å²) in [7, 11) is 0. The number of alkyl halides is 3. The van der Waals surface area contributed by atoms with Gasteiger partial charge in [-0.1, -0.05) is 30.3 Å². The van der Waals surface area contributed by atoms with Crippen molar-refractivity contribution in [3.8, 4) is 5.75 Å². The minimum absolute atomic E-state index is 0.0167. The van der Waals surface area contributed by atoms with Crippen LogP contribution in [0, 0.1) is 13.8 Å². The van der Waals surface area contributed by atoms with Crippen LogP contribution in [0.3, 0.4) is 0 Å². The van der Waals surface area contributed by atoms with Crippen molar-refractivity contribution in [3.05, 3.63) is 58.7 Å². The summed E-state index contributed by atoms with van der Waals surface area (Å²) in [6.45, 7) is 5.81. The number of fused-ring (bicyclic) bond motifs is 1. The van der Waals surface area contributed by atoms with Gasteiger partial charge in [-0.05, 0) is 87.1 Å². The van der Waals surface area contributed by atoms with Gasteiger partial charge in [-0.3, -0.25) is 4.79 Å². The van der Waals surface area contributed by atoms with Gasteiger partial charge in [-0.2, -0.15) is 13.2 Å². The highest BCUT2D eigenvalue weighted by Gasteiger charge is 2.55. The number of benzene rings is 2. The third kappa shape index (κ3) is 8.06. The van der Waals surface area contributed by atoms with E-state index in [-0.39, 0.29) is 62.1 Å². The fourth-order valence-corrected chi connectivity index (χ4v) is 8.05. The number of amides is 4. The van der Waals surface area contributed by atoms with E-state index in [0.29, 0.717) is 69.5 Å². The average Bonchev–Trinajstić information content (AvgIpc) is 3.28. The third-order valence-electron chi connectivity index (χ3n) is 11.2. The summed E-state index contributed by atoms with van der Waals surface area (Å²) in [6.07, 6.45) is -4.07. The van der Waals surface area contributed by atoms with Crippen molar-refractivity contribution in [3.63, 3.8) is 0 Å². The molecule has 0 aromatic heterocycles. The highest BCUT2D eigenvalue weighted by molar-refractivity contribution is 5.91. The molecule has 4 aliphatic heterocycles. The summed E-state index contributed by atoms with van der Waals surface area (Å²) in [5, 5.41) is 23.4. The zero-order valence-corrected chi connectivity index (χ0v) is 29.3. The number of aromatic hydroxyl groups is 1. The number of aryl methyl sites for hydroxylation is 2. The van der Waals surface area contributed by atoms with Gasteiger partial charge in [0.1, 0.15) is 5.75 Å². The Hall–Kier alpha value is -4.04. The second-order valence-electron chi connectivity index (χ2n) is 14.5. The number of phenols is 1.